The third-order valence-electron chi connectivity index (χ3n) is 4.74. The number of aryl methyl sites for hydroxylation is 1. The summed E-state index contributed by atoms with van der Waals surface area (Å²) in [6.07, 6.45) is 1.09. The Morgan fingerprint density at radius 1 is 1.23 bits per heavy atom. The first-order valence-corrected chi connectivity index (χ1v) is 8.55. The number of carbonyl (C=O) groups is 1. The molecule has 1 aliphatic rings. The van der Waals surface area contributed by atoms with Crippen LogP contribution in [-0.4, -0.2) is 20.9 Å². The molecule has 26 heavy (non-hydrogen) atoms. The average Bonchev–Trinajstić information content (AvgIpc) is 3.25. The van der Waals surface area contributed by atoms with E-state index in [0.29, 0.717) is 36.7 Å². The molecule has 1 saturated heterocycles. The normalized spacial score (nSPS) is 17.1. The molecule has 1 fully saturated rings. The van der Waals surface area contributed by atoms with E-state index in [0.717, 1.165) is 11.1 Å². The smallest absolute Gasteiger partial charge is 0.249 e. The number of halogens is 1. The van der Waals surface area contributed by atoms with E-state index in [2.05, 4.69) is 10.1 Å². The molecular weight excluding hydrogens is 333 g/mol. The van der Waals surface area contributed by atoms with Crippen LogP contribution < -0.4 is 0 Å². The van der Waals surface area contributed by atoms with Gasteiger partial charge in [-0.15, -0.1) is 0 Å². The number of nitrogens with zero attached hydrogens (tertiary/aromatic N) is 3. The van der Waals surface area contributed by atoms with Crippen molar-refractivity contribution >= 4 is 5.91 Å². The molecule has 6 heteroatoms. The van der Waals surface area contributed by atoms with E-state index in [1.165, 1.54) is 12.1 Å². The summed E-state index contributed by atoms with van der Waals surface area (Å²) in [6, 6.07) is 13.8. The highest BCUT2D eigenvalue weighted by atomic mass is 19.1. The van der Waals surface area contributed by atoms with Gasteiger partial charge in [-0.1, -0.05) is 41.6 Å². The summed E-state index contributed by atoms with van der Waals surface area (Å²) in [4.78, 5) is 18.6. The lowest BCUT2D eigenvalue weighted by molar-refractivity contribution is -0.130. The Balaban J connectivity index is 1.60. The van der Waals surface area contributed by atoms with Crippen LogP contribution in [0.25, 0.3) is 11.4 Å². The Hall–Kier alpha value is -3.02. The second-order valence-corrected chi connectivity index (χ2v) is 6.47. The van der Waals surface area contributed by atoms with Crippen LogP contribution in [0.15, 0.2) is 53.1 Å². The number of likely N-dealkylation sites (tertiary alicyclic amines) is 1. The monoisotopic (exact) mass is 351 g/mol. The highest BCUT2D eigenvalue weighted by molar-refractivity contribution is 5.79. The molecule has 0 aliphatic carbocycles. The maximum absolute atomic E-state index is 13.4. The average molecular weight is 351 g/mol. The number of hydrogen-bond donors (Lipinski definition) is 0. The summed E-state index contributed by atoms with van der Waals surface area (Å²) in [5, 5.41) is 3.97. The van der Waals surface area contributed by atoms with Crippen LogP contribution >= 0.6 is 0 Å². The SMILES string of the molecule is Cc1ccccc1CN1C(=O)CCC1c1nc(-c2cccc(F)c2)no1. The van der Waals surface area contributed by atoms with Crippen molar-refractivity contribution in [1.82, 2.24) is 15.0 Å². The van der Waals surface area contributed by atoms with E-state index in [-0.39, 0.29) is 17.8 Å². The maximum atomic E-state index is 13.4. The van der Waals surface area contributed by atoms with Crippen molar-refractivity contribution in [2.75, 3.05) is 0 Å². The fourth-order valence-corrected chi connectivity index (χ4v) is 3.27. The minimum Gasteiger partial charge on any atom is -0.337 e. The van der Waals surface area contributed by atoms with Crippen molar-refractivity contribution in [3.63, 3.8) is 0 Å². The standard InChI is InChI=1S/C20H18FN3O2/c1-13-5-2-3-6-15(13)12-24-17(9-10-18(24)25)20-22-19(23-26-20)14-7-4-8-16(21)11-14/h2-8,11,17H,9-10,12H2,1H3. The Morgan fingerprint density at radius 2 is 2.08 bits per heavy atom. The van der Waals surface area contributed by atoms with Crippen molar-refractivity contribution in [1.29, 1.82) is 0 Å². The zero-order valence-electron chi connectivity index (χ0n) is 14.4. The maximum Gasteiger partial charge on any atom is 0.249 e. The lowest BCUT2D eigenvalue weighted by Crippen LogP contribution is -2.27. The molecule has 0 bridgehead atoms. The Bertz CT molecular complexity index is 953. The summed E-state index contributed by atoms with van der Waals surface area (Å²) in [5.41, 5.74) is 2.78. The van der Waals surface area contributed by atoms with Crippen LogP contribution in [0.2, 0.25) is 0 Å². The number of aromatic nitrogens is 2. The summed E-state index contributed by atoms with van der Waals surface area (Å²) in [5.74, 6) is 0.438. The van der Waals surface area contributed by atoms with Gasteiger partial charge in [-0.2, -0.15) is 4.98 Å². The molecule has 0 radical (unpaired) electrons. The van der Waals surface area contributed by atoms with Crippen LogP contribution in [0.1, 0.15) is 35.9 Å². The highest BCUT2D eigenvalue weighted by Crippen LogP contribution is 2.34. The van der Waals surface area contributed by atoms with Crippen molar-refractivity contribution < 1.29 is 13.7 Å². The molecular formula is C20H18FN3O2. The molecule has 0 saturated carbocycles. The topological polar surface area (TPSA) is 59.2 Å². The van der Waals surface area contributed by atoms with Gasteiger partial charge in [0.05, 0.1) is 0 Å². The molecule has 1 aliphatic heterocycles. The largest absolute Gasteiger partial charge is 0.337 e. The molecule has 0 N–H and O–H groups in total. The zero-order valence-corrected chi connectivity index (χ0v) is 14.4. The van der Waals surface area contributed by atoms with Crippen LogP contribution in [0, 0.1) is 12.7 Å². The third-order valence-corrected chi connectivity index (χ3v) is 4.74. The van der Waals surface area contributed by atoms with Gasteiger partial charge in [-0.25, -0.2) is 4.39 Å². The number of hydrogen-bond acceptors (Lipinski definition) is 4. The predicted octanol–water partition coefficient (Wildman–Crippen LogP) is 4.05. The van der Waals surface area contributed by atoms with E-state index in [9.17, 15) is 9.18 Å². The quantitative estimate of drug-likeness (QED) is 0.711. The minimum atomic E-state index is -0.355. The Labute approximate surface area is 150 Å². The fraction of sp³-hybridized carbons (Fsp3) is 0.250. The second kappa shape index (κ2) is 6.71. The van der Waals surface area contributed by atoms with Gasteiger partial charge in [-0.05, 0) is 36.6 Å². The van der Waals surface area contributed by atoms with Gasteiger partial charge in [0.15, 0.2) is 0 Å². The lowest BCUT2D eigenvalue weighted by Gasteiger charge is -2.23. The highest BCUT2D eigenvalue weighted by Gasteiger charge is 2.36. The molecule has 1 aromatic heterocycles. The number of benzene rings is 2. The minimum absolute atomic E-state index is 0.0729. The molecule has 2 aromatic carbocycles. The van der Waals surface area contributed by atoms with Crippen molar-refractivity contribution in [3.05, 3.63) is 71.4 Å². The van der Waals surface area contributed by atoms with Gasteiger partial charge in [0, 0.05) is 18.5 Å². The van der Waals surface area contributed by atoms with Crippen molar-refractivity contribution in [2.45, 2.75) is 32.4 Å². The summed E-state index contributed by atoms with van der Waals surface area (Å²) >= 11 is 0. The van der Waals surface area contributed by atoms with Gasteiger partial charge >= 0.3 is 0 Å². The molecule has 3 aromatic rings. The van der Waals surface area contributed by atoms with E-state index >= 15 is 0 Å². The molecule has 0 spiro atoms. The molecule has 1 atom stereocenters. The van der Waals surface area contributed by atoms with Crippen molar-refractivity contribution in [3.8, 4) is 11.4 Å². The van der Waals surface area contributed by atoms with Crippen LogP contribution in [0.5, 0.6) is 0 Å². The van der Waals surface area contributed by atoms with Gasteiger partial charge < -0.3 is 9.42 Å². The predicted molar refractivity (Wildman–Crippen MR) is 93.4 cm³/mol. The summed E-state index contributed by atoms with van der Waals surface area (Å²) in [6.45, 7) is 2.54. The van der Waals surface area contributed by atoms with E-state index in [1.54, 1.807) is 17.0 Å². The first kappa shape index (κ1) is 16.4. The molecule has 1 unspecified atom stereocenters. The zero-order chi connectivity index (χ0) is 18.1. The Kier molecular flexibility index (Phi) is 4.24. The van der Waals surface area contributed by atoms with Crippen LogP contribution in [0.3, 0.4) is 0 Å². The molecule has 2 heterocycles. The van der Waals surface area contributed by atoms with E-state index < -0.39 is 0 Å². The van der Waals surface area contributed by atoms with Crippen molar-refractivity contribution in [2.24, 2.45) is 0 Å². The number of rotatable bonds is 4. The summed E-state index contributed by atoms with van der Waals surface area (Å²) in [7, 11) is 0. The third kappa shape index (κ3) is 3.10. The van der Waals surface area contributed by atoms with Gasteiger partial charge in [0.1, 0.15) is 11.9 Å². The van der Waals surface area contributed by atoms with Crippen LogP contribution in [0.4, 0.5) is 4.39 Å². The van der Waals surface area contributed by atoms with Gasteiger partial charge in [-0.3, -0.25) is 4.79 Å². The molecule has 1 amide bonds. The Morgan fingerprint density at radius 3 is 2.88 bits per heavy atom. The number of carbonyl (C=O) groups excluding carboxylic acids is 1. The molecule has 4 rings (SSSR count). The lowest BCUT2D eigenvalue weighted by atomic mass is 10.1. The van der Waals surface area contributed by atoms with E-state index in [4.69, 9.17) is 4.52 Å². The molecule has 5 nitrogen and oxygen atoms in total. The first-order chi connectivity index (χ1) is 12.6. The number of amides is 1. The van der Waals surface area contributed by atoms with Gasteiger partial charge in [0.25, 0.3) is 0 Å². The van der Waals surface area contributed by atoms with Gasteiger partial charge in [0.2, 0.25) is 17.6 Å². The summed E-state index contributed by atoms with van der Waals surface area (Å²) < 4.78 is 18.8. The van der Waals surface area contributed by atoms with Crippen LogP contribution in [-0.2, 0) is 11.3 Å². The molecule has 132 valence electrons. The van der Waals surface area contributed by atoms with E-state index in [1.807, 2.05) is 31.2 Å². The first-order valence-electron chi connectivity index (χ1n) is 8.55. The second-order valence-electron chi connectivity index (χ2n) is 6.47. The fourth-order valence-electron chi connectivity index (χ4n) is 3.27.